The third-order valence-corrected chi connectivity index (χ3v) is 4.96. The minimum absolute atomic E-state index is 0.327. The number of rotatable bonds is 5. The van der Waals surface area contributed by atoms with Crippen molar-refractivity contribution in [2.75, 3.05) is 18.4 Å². The summed E-state index contributed by atoms with van der Waals surface area (Å²) in [6, 6.07) is 10.8. The molecule has 0 saturated heterocycles. The van der Waals surface area contributed by atoms with E-state index < -0.39 is 0 Å². The molecule has 0 radical (unpaired) electrons. The SMILES string of the molecule is CCCNc1cc2c(c3ccccc13)N=C1C=C(C)C([NH2+]CC)C=C1O2. The van der Waals surface area contributed by atoms with Crippen LogP contribution in [0.5, 0.6) is 5.75 Å². The molecule has 1 heterocycles. The molecule has 1 aliphatic heterocycles. The van der Waals surface area contributed by atoms with Crippen molar-refractivity contribution in [3.63, 3.8) is 0 Å². The number of aliphatic imine (C=N–C) groups is 1. The van der Waals surface area contributed by atoms with Gasteiger partial charge in [0.1, 0.15) is 17.4 Å². The van der Waals surface area contributed by atoms with Crippen LogP contribution in [-0.2, 0) is 0 Å². The first-order chi connectivity index (χ1) is 12.7. The van der Waals surface area contributed by atoms with Crippen LogP contribution in [0.25, 0.3) is 10.8 Å². The monoisotopic (exact) mass is 348 g/mol. The number of hydrogen-bond acceptors (Lipinski definition) is 3. The number of anilines is 1. The summed E-state index contributed by atoms with van der Waals surface area (Å²) in [4.78, 5) is 4.97. The molecule has 1 aliphatic carbocycles. The van der Waals surface area contributed by atoms with Crippen molar-refractivity contribution in [2.24, 2.45) is 4.99 Å². The van der Waals surface area contributed by atoms with Gasteiger partial charge in [-0.15, -0.1) is 0 Å². The smallest absolute Gasteiger partial charge is 0.155 e. The van der Waals surface area contributed by atoms with E-state index in [1.165, 1.54) is 11.0 Å². The van der Waals surface area contributed by atoms with Crippen LogP contribution in [0.3, 0.4) is 0 Å². The first-order valence-corrected chi connectivity index (χ1v) is 9.51. The van der Waals surface area contributed by atoms with E-state index in [1.54, 1.807) is 0 Å². The Morgan fingerprint density at radius 1 is 1.19 bits per heavy atom. The molecular weight excluding hydrogens is 322 g/mol. The number of ether oxygens (including phenoxy) is 1. The highest BCUT2D eigenvalue weighted by Gasteiger charge is 2.27. The third kappa shape index (κ3) is 2.90. The highest BCUT2D eigenvalue weighted by molar-refractivity contribution is 6.14. The fourth-order valence-electron chi connectivity index (χ4n) is 3.62. The number of likely N-dealkylation sites (N-methyl/N-ethyl adjacent to an activating group) is 1. The third-order valence-electron chi connectivity index (χ3n) is 4.96. The molecule has 4 rings (SSSR count). The van der Waals surface area contributed by atoms with E-state index in [4.69, 9.17) is 9.73 Å². The molecule has 134 valence electrons. The Kier molecular flexibility index (Phi) is 4.51. The standard InChI is InChI=1S/C22H25N3O/c1-4-10-24-18-13-21-22(16-9-7-6-8-15(16)18)25-19-11-14(3)17(23-5-2)12-20(19)26-21/h6-9,11-13,17,23-24H,4-5,10H2,1-3H3/p+1. The van der Waals surface area contributed by atoms with Gasteiger partial charge in [0.15, 0.2) is 11.5 Å². The average Bonchev–Trinajstić information content (AvgIpc) is 2.66. The highest BCUT2D eigenvalue weighted by Crippen LogP contribution is 2.44. The zero-order chi connectivity index (χ0) is 18.1. The maximum Gasteiger partial charge on any atom is 0.155 e. The zero-order valence-electron chi connectivity index (χ0n) is 15.7. The number of quaternary nitrogens is 1. The molecule has 0 spiro atoms. The van der Waals surface area contributed by atoms with Crippen LogP contribution in [0.1, 0.15) is 27.2 Å². The molecule has 3 N–H and O–H groups in total. The number of nitrogens with zero attached hydrogens (tertiary/aromatic N) is 1. The van der Waals surface area contributed by atoms with Crippen LogP contribution in [0.4, 0.5) is 11.4 Å². The molecule has 0 bridgehead atoms. The summed E-state index contributed by atoms with van der Waals surface area (Å²) >= 11 is 0. The average molecular weight is 348 g/mol. The van der Waals surface area contributed by atoms with Gasteiger partial charge in [-0.05, 0) is 31.9 Å². The lowest BCUT2D eigenvalue weighted by Crippen LogP contribution is -2.89. The number of benzene rings is 2. The predicted octanol–water partition coefficient (Wildman–Crippen LogP) is 3.92. The van der Waals surface area contributed by atoms with Gasteiger partial charge >= 0.3 is 0 Å². The summed E-state index contributed by atoms with van der Waals surface area (Å²) in [5.74, 6) is 1.70. The maximum absolute atomic E-state index is 6.32. The molecule has 2 aliphatic rings. The van der Waals surface area contributed by atoms with Crippen molar-refractivity contribution >= 4 is 27.9 Å². The lowest BCUT2D eigenvalue weighted by molar-refractivity contribution is -0.668. The fourth-order valence-corrected chi connectivity index (χ4v) is 3.62. The van der Waals surface area contributed by atoms with E-state index in [2.05, 4.69) is 73.9 Å². The normalized spacial score (nSPS) is 18.3. The fraction of sp³-hybridized carbons (Fsp3) is 0.318. The summed E-state index contributed by atoms with van der Waals surface area (Å²) in [6.07, 6.45) is 5.43. The molecule has 2 aromatic rings. The van der Waals surface area contributed by atoms with Gasteiger partial charge in [0.2, 0.25) is 0 Å². The van der Waals surface area contributed by atoms with E-state index in [-0.39, 0.29) is 0 Å². The molecule has 0 fully saturated rings. The van der Waals surface area contributed by atoms with E-state index >= 15 is 0 Å². The van der Waals surface area contributed by atoms with E-state index in [9.17, 15) is 0 Å². The molecule has 0 amide bonds. The molecule has 0 saturated carbocycles. The van der Waals surface area contributed by atoms with Gasteiger partial charge in [-0.2, -0.15) is 0 Å². The van der Waals surface area contributed by atoms with Gasteiger partial charge < -0.3 is 15.4 Å². The van der Waals surface area contributed by atoms with E-state index in [0.29, 0.717) is 6.04 Å². The molecule has 4 nitrogen and oxygen atoms in total. The van der Waals surface area contributed by atoms with Crippen molar-refractivity contribution in [1.82, 2.24) is 0 Å². The van der Waals surface area contributed by atoms with Crippen molar-refractivity contribution in [1.29, 1.82) is 0 Å². The van der Waals surface area contributed by atoms with Gasteiger partial charge in [0.25, 0.3) is 0 Å². The van der Waals surface area contributed by atoms with Gasteiger partial charge in [-0.1, -0.05) is 31.2 Å². The quantitative estimate of drug-likeness (QED) is 0.860. The summed E-state index contributed by atoms with van der Waals surface area (Å²) in [6.45, 7) is 8.49. The van der Waals surface area contributed by atoms with Crippen molar-refractivity contribution < 1.29 is 10.1 Å². The molecule has 0 aromatic heterocycles. The summed E-state index contributed by atoms with van der Waals surface area (Å²) in [7, 11) is 0. The number of nitrogens with one attached hydrogen (secondary N) is 1. The molecule has 1 unspecified atom stereocenters. The second-order valence-corrected chi connectivity index (χ2v) is 6.93. The van der Waals surface area contributed by atoms with Gasteiger partial charge in [0.05, 0.1) is 6.54 Å². The van der Waals surface area contributed by atoms with E-state index in [1.807, 2.05) is 0 Å². The molecule has 2 aromatic carbocycles. The Hall–Kier alpha value is -2.59. The lowest BCUT2D eigenvalue weighted by Gasteiger charge is -2.25. The number of hydrogen-bond donors (Lipinski definition) is 2. The Morgan fingerprint density at radius 2 is 2.00 bits per heavy atom. The maximum atomic E-state index is 6.32. The van der Waals surface area contributed by atoms with Crippen molar-refractivity contribution in [3.05, 3.63) is 53.8 Å². The van der Waals surface area contributed by atoms with Gasteiger partial charge in [-0.3, -0.25) is 0 Å². The van der Waals surface area contributed by atoms with Gasteiger partial charge in [-0.25, -0.2) is 4.99 Å². The van der Waals surface area contributed by atoms with Crippen LogP contribution < -0.4 is 15.4 Å². The molecular formula is C22H26N3O+. The molecule has 1 atom stereocenters. The molecule has 4 heteroatoms. The summed E-state index contributed by atoms with van der Waals surface area (Å²) < 4.78 is 6.32. The predicted molar refractivity (Wildman–Crippen MR) is 109 cm³/mol. The Morgan fingerprint density at radius 3 is 2.77 bits per heavy atom. The van der Waals surface area contributed by atoms with Crippen molar-refractivity contribution in [3.8, 4) is 5.75 Å². The molecule has 26 heavy (non-hydrogen) atoms. The lowest BCUT2D eigenvalue weighted by atomic mass is 9.97. The zero-order valence-corrected chi connectivity index (χ0v) is 15.7. The van der Waals surface area contributed by atoms with Crippen molar-refractivity contribution in [2.45, 2.75) is 33.2 Å². The number of fused-ring (bicyclic) bond motifs is 4. The largest absolute Gasteiger partial charge is 0.453 e. The number of allylic oxidation sites excluding steroid dienone is 1. The topological polar surface area (TPSA) is 50.2 Å². The van der Waals surface area contributed by atoms with Crippen LogP contribution in [0, 0.1) is 0 Å². The van der Waals surface area contributed by atoms with Crippen LogP contribution >= 0.6 is 0 Å². The van der Waals surface area contributed by atoms with E-state index in [0.717, 1.165) is 53.5 Å². The van der Waals surface area contributed by atoms with Crippen LogP contribution in [0.2, 0.25) is 0 Å². The Bertz CT molecular complexity index is 940. The second kappa shape index (κ2) is 6.96. The van der Waals surface area contributed by atoms with Gasteiger partial charge in [0, 0.05) is 35.1 Å². The Labute approximate surface area is 154 Å². The summed E-state index contributed by atoms with van der Waals surface area (Å²) in [5.41, 5.74) is 4.28. The van der Waals surface area contributed by atoms with Crippen LogP contribution in [-0.4, -0.2) is 24.8 Å². The summed E-state index contributed by atoms with van der Waals surface area (Å²) in [5, 5.41) is 8.16. The number of nitrogens with two attached hydrogens (primary N) is 1. The van der Waals surface area contributed by atoms with Crippen LogP contribution in [0.15, 0.2) is 58.8 Å². The Balaban J connectivity index is 1.84. The highest BCUT2D eigenvalue weighted by atomic mass is 16.5. The first kappa shape index (κ1) is 16.9. The first-order valence-electron chi connectivity index (χ1n) is 9.51. The second-order valence-electron chi connectivity index (χ2n) is 6.93. The minimum Gasteiger partial charge on any atom is -0.453 e. The minimum atomic E-state index is 0.327.